The fourth-order valence-corrected chi connectivity index (χ4v) is 4.54. The number of hydrogen-bond acceptors (Lipinski definition) is 6. The molecule has 1 atom stereocenters. The summed E-state index contributed by atoms with van der Waals surface area (Å²) in [4.78, 5) is 25.9. The lowest BCUT2D eigenvalue weighted by Gasteiger charge is -2.44. The summed E-state index contributed by atoms with van der Waals surface area (Å²) < 4.78 is 12.1. The number of aromatic nitrogens is 2. The standard InChI is InChI=1S/C20H30N4O3/c1-16-2-4-17(5-3-16)19(25)24-9-11-27-20(14-24)13-23(8-10-26-15-20)18-12-21-6-7-22-18/h6-7,12,16-17H,2-5,8-11,13-15H2,1H3. The number of morpholine rings is 1. The maximum Gasteiger partial charge on any atom is 0.225 e. The van der Waals surface area contributed by atoms with Crippen molar-refractivity contribution in [2.75, 3.05) is 50.9 Å². The van der Waals surface area contributed by atoms with Gasteiger partial charge in [-0.2, -0.15) is 0 Å². The van der Waals surface area contributed by atoms with E-state index in [1.165, 1.54) is 0 Å². The first-order valence-corrected chi connectivity index (χ1v) is 10.2. The fraction of sp³-hybridized carbons (Fsp3) is 0.750. The molecule has 4 rings (SSSR count). The molecule has 27 heavy (non-hydrogen) atoms. The summed E-state index contributed by atoms with van der Waals surface area (Å²) in [6.07, 6.45) is 9.52. The van der Waals surface area contributed by atoms with Gasteiger partial charge >= 0.3 is 0 Å². The number of amides is 1. The summed E-state index contributed by atoms with van der Waals surface area (Å²) in [6, 6.07) is 0. The van der Waals surface area contributed by atoms with Crippen LogP contribution in [0.25, 0.3) is 0 Å². The number of rotatable bonds is 2. The molecule has 3 fully saturated rings. The van der Waals surface area contributed by atoms with Crippen LogP contribution in [0.4, 0.5) is 5.82 Å². The third-order valence-corrected chi connectivity index (χ3v) is 6.15. The molecule has 2 saturated heterocycles. The van der Waals surface area contributed by atoms with Gasteiger partial charge in [0, 0.05) is 31.4 Å². The van der Waals surface area contributed by atoms with Gasteiger partial charge in [0.2, 0.25) is 5.91 Å². The third kappa shape index (κ3) is 4.24. The van der Waals surface area contributed by atoms with Crippen molar-refractivity contribution in [3.8, 4) is 0 Å². The van der Waals surface area contributed by atoms with Crippen molar-refractivity contribution < 1.29 is 14.3 Å². The van der Waals surface area contributed by atoms with Crippen molar-refractivity contribution in [2.24, 2.45) is 11.8 Å². The molecule has 1 aromatic heterocycles. The zero-order chi connectivity index (χ0) is 18.7. The minimum Gasteiger partial charge on any atom is -0.376 e. The number of anilines is 1. The summed E-state index contributed by atoms with van der Waals surface area (Å²) in [5, 5.41) is 0. The highest BCUT2D eigenvalue weighted by molar-refractivity contribution is 5.79. The lowest BCUT2D eigenvalue weighted by molar-refractivity contribution is -0.161. The molecule has 0 bridgehead atoms. The smallest absolute Gasteiger partial charge is 0.225 e. The van der Waals surface area contributed by atoms with E-state index in [4.69, 9.17) is 9.47 Å². The number of nitrogens with zero attached hydrogens (tertiary/aromatic N) is 4. The van der Waals surface area contributed by atoms with Crippen LogP contribution in [-0.2, 0) is 14.3 Å². The topological polar surface area (TPSA) is 67.8 Å². The molecule has 1 aliphatic carbocycles. The molecule has 1 spiro atoms. The Morgan fingerprint density at radius 1 is 1.15 bits per heavy atom. The molecule has 1 aromatic rings. The molecule has 1 amide bonds. The van der Waals surface area contributed by atoms with Gasteiger partial charge in [-0.3, -0.25) is 9.78 Å². The average Bonchev–Trinajstić information content (AvgIpc) is 2.91. The van der Waals surface area contributed by atoms with E-state index < -0.39 is 5.60 Å². The molecular formula is C20H30N4O3. The molecule has 0 radical (unpaired) electrons. The minimum atomic E-state index is -0.496. The Hall–Kier alpha value is -1.73. The molecule has 3 aliphatic rings. The summed E-state index contributed by atoms with van der Waals surface area (Å²) in [6.45, 7) is 6.66. The molecule has 0 N–H and O–H groups in total. The van der Waals surface area contributed by atoms with E-state index in [1.807, 2.05) is 4.90 Å². The van der Waals surface area contributed by atoms with E-state index in [9.17, 15) is 4.79 Å². The summed E-state index contributed by atoms with van der Waals surface area (Å²) >= 11 is 0. The van der Waals surface area contributed by atoms with E-state index >= 15 is 0 Å². The fourth-order valence-electron chi connectivity index (χ4n) is 4.54. The van der Waals surface area contributed by atoms with Crippen LogP contribution in [0.15, 0.2) is 18.6 Å². The number of carbonyl (C=O) groups excluding carboxylic acids is 1. The first-order valence-electron chi connectivity index (χ1n) is 10.2. The van der Waals surface area contributed by atoms with Gasteiger partial charge in [-0.05, 0) is 31.6 Å². The molecular weight excluding hydrogens is 344 g/mol. The van der Waals surface area contributed by atoms with Crippen molar-refractivity contribution >= 4 is 11.7 Å². The molecule has 148 valence electrons. The molecule has 7 nitrogen and oxygen atoms in total. The zero-order valence-corrected chi connectivity index (χ0v) is 16.2. The van der Waals surface area contributed by atoms with Crippen LogP contribution in [0.2, 0.25) is 0 Å². The van der Waals surface area contributed by atoms with Crippen molar-refractivity contribution in [1.82, 2.24) is 14.9 Å². The predicted octanol–water partition coefficient (Wildman–Crippen LogP) is 1.74. The Bertz CT molecular complexity index is 635. The minimum absolute atomic E-state index is 0.180. The molecule has 2 aliphatic heterocycles. The first kappa shape index (κ1) is 18.6. The molecule has 7 heteroatoms. The maximum atomic E-state index is 13.1. The predicted molar refractivity (Wildman–Crippen MR) is 101 cm³/mol. The maximum absolute atomic E-state index is 13.1. The van der Waals surface area contributed by atoms with Crippen LogP contribution in [0.1, 0.15) is 32.6 Å². The van der Waals surface area contributed by atoms with E-state index in [0.717, 1.165) is 44.0 Å². The van der Waals surface area contributed by atoms with Gasteiger partial charge in [0.25, 0.3) is 0 Å². The van der Waals surface area contributed by atoms with Gasteiger partial charge in [-0.1, -0.05) is 6.92 Å². The average molecular weight is 374 g/mol. The number of hydrogen-bond donors (Lipinski definition) is 0. The summed E-state index contributed by atoms with van der Waals surface area (Å²) in [5.74, 6) is 2.07. The highest BCUT2D eigenvalue weighted by Crippen LogP contribution is 2.31. The normalized spacial score (nSPS) is 32.3. The van der Waals surface area contributed by atoms with E-state index in [1.54, 1.807) is 18.6 Å². The number of ether oxygens (including phenoxy) is 2. The highest BCUT2D eigenvalue weighted by Gasteiger charge is 2.43. The van der Waals surface area contributed by atoms with Crippen molar-refractivity contribution in [2.45, 2.75) is 38.2 Å². The third-order valence-electron chi connectivity index (χ3n) is 6.15. The van der Waals surface area contributed by atoms with Crippen LogP contribution >= 0.6 is 0 Å². The van der Waals surface area contributed by atoms with Crippen LogP contribution in [0, 0.1) is 11.8 Å². The van der Waals surface area contributed by atoms with Crippen LogP contribution < -0.4 is 4.90 Å². The molecule has 3 heterocycles. The lowest BCUT2D eigenvalue weighted by atomic mass is 9.82. The van der Waals surface area contributed by atoms with E-state index in [2.05, 4.69) is 21.8 Å². The second kappa shape index (κ2) is 8.10. The van der Waals surface area contributed by atoms with Gasteiger partial charge in [0.15, 0.2) is 0 Å². The molecule has 0 aromatic carbocycles. The van der Waals surface area contributed by atoms with Crippen molar-refractivity contribution in [3.05, 3.63) is 18.6 Å². The Balaban J connectivity index is 1.46. The monoisotopic (exact) mass is 374 g/mol. The second-order valence-corrected chi connectivity index (χ2v) is 8.29. The highest BCUT2D eigenvalue weighted by atomic mass is 16.5. The molecule has 1 saturated carbocycles. The van der Waals surface area contributed by atoms with Crippen molar-refractivity contribution in [3.63, 3.8) is 0 Å². The summed E-state index contributed by atoms with van der Waals surface area (Å²) in [5.41, 5.74) is -0.496. The first-order chi connectivity index (χ1) is 13.2. The van der Waals surface area contributed by atoms with E-state index in [0.29, 0.717) is 45.4 Å². The largest absolute Gasteiger partial charge is 0.376 e. The quantitative estimate of drug-likeness (QED) is 0.785. The Labute approximate surface area is 161 Å². The summed E-state index contributed by atoms with van der Waals surface area (Å²) in [7, 11) is 0. The zero-order valence-electron chi connectivity index (χ0n) is 16.2. The van der Waals surface area contributed by atoms with Gasteiger partial charge in [0.05, 0.1) is 39.1 Å². The Kier molecular flexibility index (Phi) is 5.59. The second-order valence-electron chi connectivity index (χ2n) is 8.29. The molecule has 1 unspecified atom stereocenters. The van der Waals surface area contributed by atoms with Crippen LogP contribution in [0.5, 0.6) is 0 Å². The van der Waals surface area contributed by atoms with Gasteiger partial charge in [-0.25, -0.2) is 4.98 Å². The Morgan fingerprint density at radius 2 is 2.00 bits per heavy atom. The van der Waals surface area contributed by atoms with Crippen LogP contribution in [-0.4, -0.2) is 72.4 Å². The number of carbonyl (C=O) groups is 1. The van der Waals surface area contributed by atoms with Gasteiger partial charge in [0.1, 0.15) is 11.4 Å². The Morgan fingerprint density at radius 3 is 2.78 bits per heavy atom. The van der Waals surface area contributed by atoms with Crippen molar-refractivity contribution in [1.29, 1.82) is 0 Å². The van der Waals surface area contributed by atoms with E-state index in [-0.39, 0.29) is 5.92 Å². The lowest BCUT2D eigenvalue weighted by Crippen LogP contribution is -2.60. The SMILES string of the molecule is CC1CCC(C(=O)N2CCOC3(COCCN(c4cnccn4)C3)C2)CC1. The van der Waals surface area contributed by atoms with Gasteiger partial charge in [-0.15, -0.1) is 0 Å². The van der Waals surface area contributed by atoms with Crippen LogP contribution in [0.3, 0.4) is 0 Å². The van der Waals surface area contributed by atoms with Gasteiger partial charge < -0.3 is 19.3 Å².